The molecule has 0 aliphatic heterocycles. The van der Waals surface area contributed by atoms with Gasteiger partial charge in [0.1, 0.15) is 0 Å². The Balaban J connectivity index is 2.26. The molecule has 0 amide bonds. The Morgan fingerprint density at radius 2 is 1.65 bits per heavy atom. The maximum absolute atomic E-state index is 2.26. The minimum atomic E-state index is 1.31. The molecule has 0 atom stereocenters. The lowest BCUT2D eigenvalue weighted by molar-refractivity contribution is 1.47. The second-order valence-corrected chi connectivity index (χ2v) is 5.70. The third kappa shape index (κ3) is 1.87. The molecule has 0 spiro atoms. The van der Waals surface area contributed by atoms with Gasteiger partial charge in [0.2, 0.25) is 0 Å². The molecular formula is C16H14S. The number of aryl methyl sites for hydroxylation is 2. The number of fused-ring (bicyclic) bond motifs is 1. The van der Waals surface area contributed by atoms with Crippen molar-refractivity contribution in [2.45, 2.75) is 13.8 Å². The molecule has 0 aliphatic rings. The van der Waals surface area contributed by atoms with Crippen LogP contribution in [0.3, 0.4) is 0 Å². The van der Waals surface area contributed by atoms with E-state index in [9.17, 15) is 0 Å². The topological polar surface area (TPSA) is 0 Å². The van der Waals surface area contributed by atoms with E-state index in [2.05, 4.69) is 62.4 Å². The van der Waals surface area contributed by atoms with Crippen LogP contribution in [-0.2, 0) is 0 Å². The molecule has 0 saturated heterocycles. The number of rotatable bonds is 1. The first-order valence-electron chi connectivity index (χ1n) is 5.80. The zero-order valence-electron chi connectivity index (χ0n) is 10.0. The summed E-state index contributed by atoms with van der Waals surface area (Å²) >= 11 is 1.88. The van der Waals surface area contributed by atoms with Crippen LogP contribution in [0.1, 0.15) is 10.4 Å². The molecule has 0 N–H and O–H groups in total. The van der Waals surface area contributed by atoms with Crippen molar-refractivity contribution in [2.75, 3.05) is 0 Å². The van der Waals surface area contributed by atoms with E-state index in [0.717, 1.165) is 0 Å². The molecule has 0 radical (unpaired) electrons. The molecule has 0 nitrogen and oxygen atoms in total. The van der Waals surface area contributed by atoms with Gasteiger partial charge in [-0.1, -0.05) is 48.0 Å². The average molecular weight is 238 g/mol. The van der Waals surface area contributed by atoms with Gasteiger partial charge in [-0.15, -0.1) is 11.3 Å². The largest absolute Gasteiger partial charge is 0.140 e. The first-order valence-corrected chi connectivity index (χ1v) is 6.62. The second kappa shape index (κ2) is 4.01. The first kappa shape index (κ1) is 10.5. The minimum Gasteiger partial charge on any atom is -0.140 e. The van der Waals surface area contributed by atoms with Gasteiger partial charge in [0, 0.05) is 9.58 Å². The monoisotopic (exact) mass is 238 g/mol. The number of thiophene rings is 1. The van der Waals surface area contributed by atoms with Gasteiger partial charge >= 0.3 is 0 Å². The second-order valence-electron chi connectivity index (χ2n) is 4.45. The van der Waals surface area contributed by atoms with Gasteiger partial charge in [0.25, 0.3) is 0 Å². The van der Waals surface area contributed by atoms with Gasteiger partial charge in [0.15, 0.2) is 0 Å². The number of benzene rings is 2. The fourth-order valence-electron chi connectivity index (χ4n) is 2.15. The molecule has 0 bridgehead atoms. The van der Waals surface area contributed by atoms with Crippen LogP contribution in [0.15, 0.2) is 48.5 Å². The van der Waals surface area contributed by atoms with E-state index in [1.54, 1.807) is 0 Å². The smallest absolute Gasteiger partial charge is 0.0423 e. The molecule has 1 heterocycles. The Morgan fingerprint density at radius 1 is 0.882 bits per heavy atom. The van der Waals surface area contributed by atoms with Gasteiger partial charge in [-0.3, -0.25) is 0 Å². The molecule has 2 aromatic carbocycles. The summed E-state index contributed by atoms with van der Waals surface area (Å²) in [6, 6.07) is 17.6. The SMILES string of the molecule is Cc1ccc(-c2cccc3cc(C)sc23)cc1. The predicted molar refractivity (Wildman–Crippen MR) is 76.7 cm³/mol. The van der Waals surface area contributed by atoms with Gasteiger partial charge in [-0.25, -0.2) is 0 Å². The Hall–Kier alpha value is -1.60. The quantitative estimate of drug-likeness (QED) is 0.547. The molecule has 84 valence electrons. The molecule has 1 heteroatoms. The minimum absolute atomic E-state index is 1.31. The lowest BCUT2D eigenvalue weighted by atomic mass is 10.0. The summed E-state index contributed by atoms with van der Waals surface area (Å²) in [6.07, 6.45) is 0. The van der Waals surface area contributed by atoms with Crippen molar-refractivity contribution in [2.24, 2.45) is 0 Å². The van der Waals surface area contributed by atoms with E-state index in [-0.39, 0.29) is 0 Å². The van der Waals surface area contributed by atoms with E-state index >= 15 is 0 Å². The van der Waals surface area contributed by atoms with Crippen LogP contribution >= 0.6 is 11.3 Å². The molecule has 1 aromatic heterocycles. The number of hydrogen-bond acceptors (Lipinski definition) is 1. The average Bonchev–Trinajstić information content (AvgIpc) is 2.70. The lowest BCUT2D eigenvalue weighted by Gasteiger charge is -2.03. The summed E-state index contributed by atoms with van der Waals surface area (Å²) in [6.45, 7) is 4.29. The van der Waals surface area contributed by atoms with Crippen LogP contribution in [0.2, 0.25) is 0 Å². The summed E-state index contributed by atoms with van der Waals surface area (Å²) in [5, 5.41) is 1.35. The third-order valence-electron chi connectivity index (χ3n) is 3.03. The fourth-order valence-corrected chi connectivity index (χ4v) is 3.20. The van der Waals surface area contributed by atoms with E-state index in [0.29, 0.717) is 0 Å². The molecule has 17 heavy (non-hydrogen) atoms. The lowest BCUT2D eigenvalue weighted by Crippen LogP contribution is -1.78. The van der Waals surface area contributed by atoms with Crippen molar-refractivity contribution < 1.29 is 0 Å². The highest BCUT2D eigenvalue weighted by Crippen LogP contribution is 2.34. The van der Waals surface area contributed by atoms with Crippen LogP contribution < -0.4 is 0 Å². The Morgan fingerprint density at radius 3 is 2.41 bits per heavy atom. The van der Waals surface area contributed by atoms with Crippen molar-refractivity contribution >= 4 is 21.4 Å². The fraction of sp³-hybridized carbons (Fsp3) is 0.125. The Bertz CT molecular complexity index is 660. The molecule has 3 rings (SSSR count). The maximum Gasteiger partial charge on any atom is 0.0423 e. The van der Waals surface area contributed by atoms with E-state index in [1.807, 2.05) is 11.3 Å². The van der Waals surface area contributed by atoms with Crippen molar-refractivity contribution in [1.82, 2.24) is 0 Å². The first-order chi connectivity index (χ1) is 8.24. The molecule has 0 saturated carbocycles. The summed E-state index contributed by atoms with van der Waals surface area (Å²) in [4.78, 5) is 1.37. The van der Waals surface area contributed by atoms with Gasteiger partial charge < -0.3 is 0 Å². The third-order valence-corrected chi connectivity index (χ3v) is 4.13. The molecular weight excluding hydrogens is 224 g/mol. The molecule has 0 aliphatic carbocycles. The predicted octanol–water partition coefficient (Wildman–Crippen LogP) is 5.19. The summed E-state index contributed by atoms with van der Waals surface area (Å²) in [7, 11) is 0. The van der Waals surface area contributed by atoms with Crippen molar-refractivity contribution in [3.05, 3.63) is 59.0 Å². The van der Waals surface area contributed by atoms with Crippen LogP contribution in [0.5, 0.6) is 0 Å². The standard InChI is InChI=1S/C16H14S/c1-11-6-8-13(9-7-11)15-5-3-4-14-10-12(2)17-16(14)15/h3-10H,1-2H3. The van der Waals surface area contributed by atoms with Crippen molar-refractivity contribution in [1.29, 1.82) is 0 Å². The van der Waals surface area contributed by atoms with Crippen LogP contribution in [0.4, 0.5) is 0 Å². The van der Waals surface area contributed by atoms with Gasteiger partial charge in [-0.05, 0) is 36.4 Å². The van der Waals surface area contributed by atoms with Gasteiger partial charge in [-0.2, -0.15) is 0 Å². The van der Waals surface area contributed by atoms with E-state index in [1.165, 1.54) is 31.7 Å². The summed E-state index contributed by atoms with van der Waals surface area (Å²) in [5.74, 6) is 0. The van der Waals surface area contributed by atoms with Crippen LogP contribution in [0.25, 0.3) is 21.2 Å². The molecule has 3 aromatic rings. The maximum atomic E-state index is 2.26. The number of hydrogen-bond donors (Lipinski definition) is 0. The Kier molecular flexibility index (Phi) is 2.49. The van der Waals surface area contributed by atoms with Crippen molar-refractivity contribution in [3.63, 3.8) is 0 Å². The Labute approximate surface area is 106 Å². The summed E-state index contributed by atoms with van der Waals surface area (Å²) in [5.41, 5.74) is 3.96. The normalized spacial score (nSPS) is 10.9. The zero-order valence-corrected chi connectivity index (χ0v) is 10.8. The highest BCUT2D eigenvalue weighted by Gasteiger charge is 2.05. The summed E-state index contributed by atoms with van der Waals surface area (Å²) < 4.78 is 1.40. The van der Waals surface area contributed by atoms with Gasteiger partial charge in [0.05, 0.1) is 0 Å². The van der Waals surface area contributed by atoms with Crippen molar-refractivity contribution in [3.8, 4) is 11.1 Å². The van der Waals surface area contributed by atoms with E-state index in [4.69, 9.17) is 0 Å². The van der Waals surface area contributed by atoms with Crippen LogP contribution in [-0.4, -0.2) is 0 Å². The van der Waals surface area contributed by atoms with E-state index < -0.39 is 0 Å². The molecule has 0 unspecified atom stereocenters. The molecule has 0 fully saturated rings. The van der Waals surface area contributed by atoms with Crippen LogP contribution in [0, 0.1) is 13.8 Å². The highest BCUT2D eigenvalue weighted by molar-refractivity contribution is 7.19. The zero-order chi connectivity index (χ0) is 11.8. The highest BCUT2D eigenvalue weighted by atomic mass is 32.1.